The maximum atomic E-state index is 9.97. The molecule has 0 amide bonds. The monoisotopic (exact) mass is 293 g/mol. The van der Waals surface area contributed by atoms with Gasteiger partial charge >= 0.3 is 0 Å². The number of rotatable bonds is 6. The van der Waals surface area contributed by atoms with Gasteiger partial charge in [0, 0.05) is 50.9 Å². The van der Waals surface area contributed by atoms with E-state index in [4.69, 9.17) is 4.74 Å². The van der Waals surface area contributed by atoms with Gasteiger partial charge in [0.1, 0.15) is 11.5 Å². The number of benzene rings is 1. The average Bonchev–Trinajstić information content (AvgIpc) is 2.49. The Kier molecular flexibility index (Phi) is 5.85. The molecule has 1 unspecified atom stereocenters. The Hall–Kier alpha value is -1.30. The van der Waals surface area contributed by atoms with Gasteiger partial charge in [-0.2, -0.15) is 0 Å². The van der Waals surface area contributed by atoms with Crippen LogP contribution in [-0.4, -0.2) is 68.3 Å². The topological polar surface area (TPSA) is 48.0 Å². The molecule has 1 atom stereocenters. The molecule has 1 saturated heterocycles. The molecule has 0 spiro atoms. The zero-order chi connectivity index (χ0) is 15.2. The lowest BCUT2D eigenvalue weighted by Crippen LogP contribution is -2.46. The molecule has 1 fully saturated rings. The van der Waals surface area contributed by atoms with E-state index in [1.165, 1.54) is 0 Å². The first kappa shape index (κ1) is 16.1. The normalized spacial score (nSPS) is 18.6. The van der Waals surface area contributed by atoms with E-state index in [1.807, 2.05) is 6.07 Å². The summed E-state index contributed by atoms with van der Waals surface area (Å²) in [6.07, 6.45) is 0. The molecule has 0 bridgehead atoms. The fourth-order valence-electron chi connectivity index (χ4n) is 2.63. The van der Waals surface area contributed by atoms with Crippen LogP contribution in [0, 0.1) is 0 Å². The lowest BCUT2D eigenvalue weighted by atomic mass is 10.1. The van der Waals surface area contributed by atoms with Crippen LogP contribution in [0.3, 0.4) is 0 Å². The first-order valence-electron chi connectivity index (χ1n) is 7.61. The zero-order valence-corrected chi connectivity index (χ0v) is 13.3. The van der Waals surface area contributed by atoms with Gasteiger partial charge in [-0.1, -0.05) is 0 Å². The van der Waals surface area contributed by atoms with Crippen molar-refractivity contribution in [2.45, 2.75) is 13.0 Å². The predicted octanol–water partition coefficient (Wildman–Crippen LogP) is 1.30. The summed E-state index contributed by atoms with van der Waals surface area (Å²) < 4.78 is 5.22. The van der Waals surface area contributed by atoms with E-state index >= 15 is 0 Å². The predicted molar refractivity (Wildman–Crippen MR) is 85.0 cm³/mol. The summed E-state index contributed by atoms with van der Waals surface area (Å²) in [6.45, 7) is 8.59. The Morgan fingerprint density at radius 2 is 2.00 bits per heavy atom. The Bertz CT molecular complexity index is 445. The third-order valence-electron chi connectivity index (χ3n) is 4.18. The third kappa shape index (κ3) is 4.59. The summed E-state index contributed by atoms with van der Waals surface area (Å²) >= 11 is 0. The molecule has 1 aromatic rings. The van der Waals surface area contributed by atoms with E-state index in [1.54, 1.807) is 19.2 Å². The average molecular weight is 293 g/mol. The molecule has 2 N–H and O–H groups in total. The van der Waals surface area contributed by atoms with Crippen molar-refractivity contribution in [3.05, 3.63) is 23.8 Å². The Balaban J connectivity index is 1.80. The quantitative estimate of drug-likeness (QED) is 0.828. The summed E-state index contributed by atoms with van der Waals surface area (Å²) in [5.74, 6) is 1.09. The number of phenols is 1. The molecule has 5 heteroatoms. The second-order valence-corrected chi connectivity index (χ2v) is 5.75. The summed E-state index contributed by atoms with van der Waals surface area (Å²) in [5, 5.41) is 13.4. The maximum absolute atomic E-state index is 9.97. The number of hydrogen-bond acceptors (Lipinski definition) is 5. The van der Waals surface area contributed by atoms with Gasteiger partial charge in [0.2, 0.25) is 0 Å². The Morgan fingerprint density at radius 3 is 2.67 bits per heavy atom. The minimum atomic E-state index is 0.104. The number of methoxy groups -OCH3 is 1. The summed E-state index contributed by atoms with van der Waals surface area (Å²) in [6, 6.07) is 5.46. The largest absolute Gasteiger partial charge is 0.508 e. The lowest BCUT2D eigenvalue weighted by Gasteiger charge is -2.32. The van der Waals surface area contributed by atoms with E-state index in [9.17, 15) is 5.11 Å². The van der Waals surface area contributed by atoms with Gasteiger partial charge in [-0.25, -0.2) is 0 Å². The maximum Gasteiger partial charge on any atom is 0.120 e. The van der Waals surface area contributed by atoms with Crippen LogP contribution in [-0.2, 0) is 0 Å². The molecule has 118 valence electrons. The molecule has 1 aliphatic rings. The molecule has 2 rings (SSSR count). The molecule has 1 aliphatic heterocycles. The number of piperazine rings is 1. The van der Waals surface area contributed by atoms with Gasteiger partial charge in [-0.3, -0.25) is 4.90 Å². The molecular formula is C16H27N3O2. The summed E-state index contributed by atoms with van der Waals surface area (Å²) in [5.41, 5.74) is 0.882. The van der Waals surface area contributed by atoms with Crippen LogP contribution in [0.1, 0.15) is 18.5 Å². The number of hydrogen-bond donors (Lipinski definition) is 2. The van der Waals surface area contributed by atoms with E-state index in [0.717, 1.165) is 50.6 Å². The van der Waals surface area contributed by atoms with Crippen LogP contribution in [0.25, 0.3) is 0 Å². The van der Waals surface area contributed by atoms with Crippen LogP contribution in [0.4, 0.5) is 0 Å². The Morgan fingerprint density at radius 1 is 1.29 bits per heavy atom. The first-order chi connectivity index (χ1) is 10.1. The van der Waals surface area contributed by atoms with Crippen molar-refractivity contribution in [1.82, 2.24) is 15.1 Å². The Labute approximate surface area is 127 Å². The van der Waals surface area contributed by atoms with Crippen LogP contribution >= 0.6 is 0 Å². The molecule has 0 radical (unpaired) electrons. The minimum absolute atomic E-state index is 0.104. The standard InChI is InChI=1S/C16H27N3O2/c1-13(15-12-14(21-3)4-5-16(15)20)17-6-7-19-10-8-18(2)9-11-19/h4-5,12-13,17,20H,6-11H2,1-3H3. The second-order valence-electron chi connectivity index (χ2n) is 5.75. The highest BCUT2D eigenvalue weighted by Gasteiger charge is 2.15. The molecular weight excluding hydrogens is 266 g/mol. The van der Waals surface area contributed by atoms with E-state index in [0.29, 0.717) is 5.75 Å². The molecule has 0 aromatic heterocycles. The zero-order valence-electron chi connectivity index (χ0n) is 13.3. The van der Waals surface area contributed by atoms with Crippen LogP contribution in [0.15, 0.2) is 18.2 Å². The van der Waals surface area contributed by atoms with E-state index in [2.05, 4.69) is 29.1 Å². The molecule has 1 aromatic carbocycles. The molecule has 0 saturated carbocycles. The van der Waals surface area contributed by atoms with Crippen LogP contribution < -0.4 is 10.1 Å². The smallest absolute Gasteiger partial charge is 0.120 e. The van der Waals surface area contributed by atoms with Crippen molar-refractivity contribution in [2.24, 2.45) is 0 Å². The van der Waals surface area contributed by atoms with Crippen LogP contribution in [0.5, 0.6) is 11.5 Å². The minimum Gasteiger partial charge on any atom is -0.508 e. The van der Waals surface area contributed by atoms with Crippen molar-refractivity contribution in [2.75, 3.05) is 53.4 Å². The highest BCUT2D eigenvalue weighted by atomic mass is 16.5. The number of nitrogens with zero attached hydrogens (tertiary/aromatic N) is 2. The molecule has 1 heterocycles. The van der Waals surface area contributed by atoms with E-state index < -0.39 is 0 Å². The van der Waals surface area contributed by atoms with Gasteiger partial charge < -0.3 is 20.1 Å². The summed E-state index contributed by atoms with van der Waals surface area (Å²) in [7, 11) is 3.81. The van der Waals surface area contributed by atoms with Crippen molar-refractivity contribution in [1.29, 1.82) is 0 Å². The number of phenolic OH excluding ortho intramolecular Hbond substituents is 1. The van der Waals surface area contributed by atoms with Gasteiger partial charge in [0.05, 0.1) is 7.11 Å². The number of aromatic hydroxyl groups is 1. The fourth-order valence-corrected chi connectivity index (χ4v) is 2.63. The highest BCUT2D eigenvalue weighted by Crippen LogP contribution is 2.28. The molecule has 0 aliphatic carbocycles. The summed E-state index contributed by atoms with van der Waals surface area (Å²) in [4.78, 5) is 4.84. The van der Waals surface area contributed by atoms with Crippen molar-refractivity contribution < 1.29 is 9.84 Å². The SMILES string of the molecule is COc1ccc(O)c(C(C)NCCN2CCN(C)CC2)c1. The van der Waals surface area contributed by atoms with Crippen molar-refractivity contribution >= 4 is 0 Å². The van der Waals surface area contributed by atoms with Crippen molar-refractivity contribution in [3.63, 3.8) is 0 Å². The third-order valence-corrected chi connectivity index (χ3v) is 4.18. The second kappa shape index (κ2) is 7.64. The van der Waals surface area contributed by atoms with Gasteiger partial charge in [-0.15, -0.1) is 0 Å². The molecule has 21 heavy (non-hydrogen) atoms. The molecule has 5 nitrogen and oxygen atoms in total. The van der Waals surface area contributed by atoms with Crippen molar-refractivity contribution in [3.8, 4) is 11.5 Å². The van der Waals surface area contributed by atoms with Gasteiger partial charge in [0.25, 0.3) is 0 Å². The van der Waals surface area contributed by atoms with Crippen LogP contribution in [0.2, 0.25) is 0 Å². The number of likely N-dealkylation sites (N-methyl/N-ethyl adjacent to an activating group) is 1. The number of ether oxygens (including phenoxy) is 1. The number of nitrogens with one attached hydrogen (secondary N) is 1. The van der Waals surface area contributed by atoms with Gasteiger partial charge in [0.15, 0.2) is 0 Å². The van der Waals surface area contributed by atoms with E-state index in [-0.39, 0.29) is 6.04 Å². The highest BCUT2D eigenvalue weighted by molar-refractivity contribution is 5.41. The fraction of sp³-hybridized carbons (Fsp3) is 0.625. The van der Waals surface area contributed by atoms with Gasteiger partial charge in [-0.05, 0) is 32.2 Å². The first-order valence-corrected chi connectivity index (χ1v) is 7.61. The lowest BCUT2D eigenvalue weighted by molar-refractivity contribution is 0.154.